The average molecular weight is 206 g/mol. The summed E-state index contributed by atoms with van der Waals surface area (Å²) in [6, 6.07) is 2.24. The van der Waals surface area contributed by atoms with Gasteiger partial charge in [0.15, 0.2) is 0 Å². The van der Waals surface area contributed by atoms with Crippen LogP contribution in [0.15, 0.2) is 16.7 Å². The van der Waals surface area contributed by atoms with Crippen molar-refractivity contribution in [2.75, 3.05) is 0 Å². The van der Waals surface area contributed by atoms with Crippen molar-refractivity contribution in [2.45, 2.75) is 53.4 Å². The van der Waals surface area contributed by atoms with Gasteiger partial charge in [0.25, 0.3) is 0 Å². The van der Waals surface area contributed by atoms with Crippen molar-refractivity contribution in [2.24, 2.45) is 10.8 Å². The Kier molecular flexibility index (Phi) is 2.09. The molecule has 1 aromatic rings. The van der Waals surface area contributed by atoms with E-state index in [9.17, 15) is 0 Å². The molecule has 2 unspecified atom stereocenters. The van der Waals surface area contributed by atoms with E-state index < -0.39 is 0 Å². The van der Waals surface area contributed by atoms with Crippen molar-refractivity contribution in [1.82, 2.24) is 0 Å². The van der Waals surface area contributed by atoms with Crippen LogP contribution in [0.1, 0.15) is 64.7 Å². The van der Waals surface area contributed by atoms with Gasteiger partial charge in [-0.05, 0) is 22.5 Å². The molecule has 0 saturated heterocycles. The summed E-state index contributed by atoms with van der Waals surface area (Å²) in [7, 11) is 0. The Morgan fingerprint density at radius 1 is 0.933 bits per heavy atom. The molecule has 2 bridgehead atoms. The molecule has 0 saturated carbocycles. The van der Waals surface area contributed by atoms with Crippen LogP contribution in [0.5, 0.6) is 0 Å². The molecule has 0 radical (unpaired) electrons. The third kappa shape index (κ3) is 1.62. The zero-order valence-electron chi connectivity index (χ0n) is 10.7. The van der Waals surface area contributed by atoms with Crippen LogP contribution in [-0.4, -0.2) is 0 Å². The van der Waals surface area contributed by atoms with Gasteiger partial charge in [0.2, 0.25) is 0 Å². The summed E-state index contributed by atoms with van der Waals surface area (Å²) in [4.78, 5) is 0. The molecule has 1 aliphatic rings. The standard InChI is InChI=1S/C14H22O/c1-13(2,3)11-9-7-10(15-8-9)12(11)14(4,5)6/h7-8,11-12H,1-6H3. The van der Waals surface area contributed by atoms with Gasteiger partial charge in [-0.2, -0.15) is 0 Å². The largest absolute Gasteiger partial charge is 0.469 e. The normalized spacial score (nSPS) is 26.0. The Hall–Kier alpha value is -0.720. The second-order valence-electron chi connectivity index (χ2n) is 6.97. The van der Waals surface area contributed by atoms with Crippen LogP contribution in [0.3, 0.4) is 0 Å². The van der Waals surface area contributed by atoms with Gasteiger partial charge in [-0.15, -0.1) is 0 Å². The minimum absolute atomic E-state index is 0.278. The highest BCUT2D eigenvalue weighted by Crippen LogP contribution is 2.57. The fourth-order valence-corrected chi connectivity index (χ4v) is 2.98. The summed E-state index contributed by atoms with van der Waals surface area (Å²) in [5.41, 5.74) is 1.98. The first-order chi connectivity index (χ1) is 6.71. The van der Waals surface area contributed by atoms with E-state index in [0.29, 0.717) is 17.3 Å². The molecule has 0 amide bonds. The molecule has 2 atom stereocenters. The number of furan rings is 1. The smallest absolute Gasteiger partial charge is 0.108 e. The van der Waals surface area contributed by atoms with E-state index in [1.807, 2.05) is 6.26 Å². The van der Waals surface area contributed by atoms with Crippen molar-refractivity contribution in [3.63, 3.8) is 0 Å². The van der Waals surface area contributed by atoms with Crippen LogP contribution >= 0.6 is 0 Å². The first-order valence-electron chi connectivity index (χ1n) is 5.79. The van der Waals surface area contributed by atoms with Gasteiger partial charge >= 0.3 is 0 Å². The lowest BCUT2D eigenvalue weighted by Crippen LogP contribution is -2.30. The molecular formula is C14H22O. The molecule has 0 N–H and O–H groups in total. The fourth-order valence-electron chi connectivity index (χ4n) is 2.98. The Bertz CT molecular complexity index is 325. The van der Waals surface area contributed by atoms with E-state index >= 15 is 0 Å². The average Bonchev–Trinajstić information content (AvgIpc) is 2.56. The first kappa shape index (κ1) is 10.8. The summed E-state index contributed by atoms with van der Waals surface area (Å²) < 4.78 is 5.62. The van der Waals surface area contributed by atoms with E-state index in [1.54, 1.807) is 0 Å². The molecule has 84 valence electrons. The zero-order chi connectivity index (χ0) is 11.4. The van der Waals surface area contributed by atoms with Crippen molar-refractivity contribution in [1.29, 1.82) is 0 Å². The molecule has 1 aliphatic carbocycles. The van der Waals surface area contributed by atoms with Crippen molar-refractivity contribution < 1.29 is 4.42 Å². The highest BCUT2D eigenvalue weighted by atomic mass is 16.3. The van der Waals surface area contributed by atoms with Crippen molar-refractivity contribution >= 4 is 0 Å². The number of rotatable bonds is 0. The van der Waals surface area contributed by atoms with E-state index in [0.717, 1.165) is 0 Å². The minimum atomic E-state index is 0.278. The predicted octanol–water partition coefficient (Wildman–Crippen LogP) is 4.55. The summed E-state index contributed by atoms with van der Waals surface area (Å²) in [5, 5.41) is 0. The molecule has 1 aromatic heterocycles. The summed E-state index contributed by atoms with van der Waals surface area (Å²) >= 11 is 0. The van der Waals surface area contributed by atoms with Crippen LogP contribution in [0.4, 0.5) is 0 Å². The van der Waals surface area contributed by atoms with Crippen LogP contribution in [0, 0.1) is 10.8 Å². The van der Waals surface area contributed by atoms with E-state index in [-0.39, 0.29) is 5.41 Å². The molecule has 0 spiro atoms. The SMILES string of the molecule is CC(C)(C)C1c2coc(c2)C1C(C)(C)C. The summed E-state index contributed by atoms with van der Waals surface area (Å²) in [6.07, 6.45) is 1.94. The molecule has 1 heterocycles. The summed E-state index contributed by atoms with van der Waals surface area (Å²) in [5.74, 6) is 2.33. The van der Waals surface area contributed by atoms with Crippen LogP contribution in [0.25, 0.3) is 0 Å². The van der Waals surface area contributed by atoms with Gasteiger partial charge < -0.3 is 4.42 Å². The van der Waals surface area contributed by atoms with Crippen LogP contribution < -0.4 is 0 Å². The van der Waals surface area contributed by atoms with Gasteiger partial charge in [-0.25, -0.2) is 0 Å². The molecule has 1 heteroatoms. The summed E-state index contributed by atoms with van der Waals surface area (Å²) in [6.45, 7) is 13.9. The Morgan fingerprint density at radius 2 is 1.47 bits per heavy atom. The highest BCUT2D eigenvalue weighted by Gasteiger charge is 2.47. The molecular weight excluding hydrogens is 184 g/mol. The topological polar surface area (TPSA) is 13.1 Å². The number of hydrogen-bond acceptors (Lipinski definition) is 1. The quantitative estimate of drug-likeness (QED) is 0.607. The maximum Gasteiger partial charge on any atom is 0.108 e. The molecule has 0 aliphatic heterocycles. The van der Waals surface area contributed by atoms with E-state index in [1.165, 1.54) is 11.3 Å². The van der Waals surface area contributed by atoms with Gasteiger partial charge in [0.05, 0.1) is 6.26 Å². The Labute approximate surface area is 92.9 Å². The van der Waals surface area contributed by atoms with Gasteiger partial charge in [-0.3, -0.25) is 0 Å². The second kappa shape index (κ2) is 2.90. The van der Waals surface area contributed by atoms with E-state index in [4.69, 9.17) is 4.42 Å². The van der Waals surface area contributed by atoms with E-state index in [2.05, 4.69) is 47.6 Å². The lowest BCUT2D eigenvalue weighted by atomic mass is 9.64. The second-order valence-corrected chi connectivity index (χ2v) is 6.97. The van der Waals surface area contributed by atoms with Crippen LogP contribution in [-0.2, 0) is 0 Å². The third-order valence-electron chi connectivity index (χ3n) is 3.51. The lowest BCUT2D eigenvalue weighted by Gasteiger charge is -2.40. The zero-order valence-corrected chi connectivity index (χ0v) is 10.7. The predicted molar refractivity (Wildman–Crippen MR) is 63.1 cm³/mol. The molecule has 2 rings (SSSR count). The lowest BCUT2D eigenvalue weighted by molar-refractivity contribution is 0.164. The maximum atomic E-state index is 5.62. The minimum Gasteiger partial charge on any atom is -0.469 e. The fraction of sp³-hybridized carbons (Fsp3) is 0.714. The van der Waals surface area contributed by atoms with Crippen molar-refractivity contribution in [3.05, 3.63) is 23.7 Å². The van der Waals surface area contributed by atoms with Crippen LogP contribution in [0.2, 0.25) is 0 Å². The molecule has 1 nitrogen and oxygen atoms in total. The van der Waals surface area contributed by atoms with Gasteiger partial charge in [0, 0.05) is 11.8 Å². The first-order valence-corrected chi connectivity index (χ1v) is 5.79. The Morgan fingerprint density at radius 3 is 1.87 bits per heavy atom. The molecule has 0 aromatic carbocycles. The number of fused-ring (bicyclic) bond motifs is 2. The number of hydrogen-bond donors (Lipinski definition) is 0. The molecule has 0 fully saturated rings. The maximum absolute atomic E-state index is 5.62. The molecule has 15 heavy (non-hydrogen) atoms. The monoisotopic (exact) mass is 206 g/mol. The third-order valence-corrected chi connectivity index (χ3v) is 3.51. The van der Waals surface area contributed by atoms with Gasteiger partial charge in [0.1, 0.15) is 5.76 Å². The Balaban J connectivity index is 2.43. The highest BCUT2D eigenvalue weighted by molar-refractivity contribution is 5.35. The van der Waals surface area contributed by atoms with Crippen molar-refractivity contribution in [3.8, 4) is 0 Å². The van der Waals surface area contributed by atoms with Gasteiger partial charge in [-0.1, -0.05) is 41.5 Å².